The lowest BCUT2D eigenvalue weighted by Crippen LogP contribution is -2.23. The number of fused-ring (bicyclic) bond motifs is 2. The van der Waals surface area contributed by atoms with Crippen LogP contribution in [0.3, 0.4) is 0 Å². The Morgan fingerprint density at radius 2 is 2.00 bits per heavy atom. The van der Waals surface area contributed by atoms with Gasteiger partial charge in [0.15, 0.2) is 5.82 Å². The van der Waals surface area contributed by atoms with E-state index < -0.39 is 0 Å². The van der Waals surface area contributed by atoms with E-state index >= 15 is 0 Å². The highest BCUT2D eigenvalue weighted by Crippen LogP contribution is 2.29. The number of hydrogen-bond acceptors (Lipinski definition) is 6. The van der Waals surface area contributed by atoms with Gasteiger partial charge in [0.25, 0.3) is 0 Å². The Hall–Kier alpha value is -3.72. The summed E-state index contributed by atoms with van der Waals surface area (Å²) in [5, 5.41) is 11.4. The third kappa shape index (κ3) is 3.64. The van der Waals surface area contributed by atoms with Crippen molar-refractivity contribution in [3.05, 3.63) is 60.3 Å². The molecule has 1 aliphatic heterocycles. The van der Waals surface area contributed by atoms with Crippen LogP contribution in [0.4, 0.5) is 10.6 Å². The Morgan fingerprint density at radius 1 is 1.13 bits per heavy atom. The highest BCUT2D eigenvalue weighted by atomic mass is 16.5. The molecule has 2 N–H and O–H groups in total. The van der Waals surface area contributed by atoms with Crippen LogP contribution in [-0.4, -0.2) is 30.3 Å². The summed E-state index contributed by atoms with van der Waals surface area (Å²) in [6.07, 6.45) is 5.10. The molecule has 9 heteroatoms. The summed E-state index contributed by atoms with van der Waals surface area (Å²) in [5.74, 6) is 1.72. The smallest absolute Gasteiger partial charge is 0.331 e. The van der Waals surface area contributed by atoms with Crippen molar-refractivity contribution >= 4 is 22.8 Å². The van der Waals surface area contributed by atoms with E-state index in [0.717, 1.165) is 28.7 Å². The first-order valence-electron chi connectivity index (χ1n) is 10.1. The maximum Gasteiger partial charge on any atom is 0.331 e. The monoisotopic (exact) mass is 417 g/mol. The number of ether oxygens (including phenoxy) is 1. The molecule has 0 atom stereocenters. The largest absolute Gasteiger partial charge is 0.439 e. The van der Waals surface area contributed by atoms with Crippen molar-refractivity contribution in [1.82, 2.24) is 29.6 Å². The molecule has 0 saturated carbocycles. The van der Waals surface area contributed by atoms with Crippen LogP contribution in [-0.2, 0) is 18.6 Å². The van der Waals surface area contributed by atoms with Gasteiger partial charge >= 0.3 is 6.03 Å². The summed E-state index contributed by atoms with van der Waals surface area (Å²) in [4.78, 5) is 21.3. The van der Waals surface area contributed by atoms with E-state index in [1.54, 1.807) is 16.8 Å². The second-order valence-electron chi connectivity index (χ2n) is 8.46. The molecule has 1 amide bonds. The minimum atomic E-state index is -0.275. The Balaban J connectivity index is 1.36. The zero-order valence-electron chi connectivity index (χ0n) is 17.6. The van der Waals surface area contributed by atoms with E-state index in [9.17, 15) is 4.79 Å². The van der Waals surface area contributed by atoms with Crippen LogP contribution in [0.25, 0.3) is 10.9 Å². The van der Waals surface area contributed by atoms with E-state index in [2.05, 4.69) is 46.5 Å². The number of anilines is 1. The predicted molar refractivity (Wildman–Crippen MR) is 116 cm³/mol. The molecule has 4 aromatic rings. The summed E-state index contributed by atoms with van der Waals surface area (Å²) in [5.41, 5.74) is 2.56. The minimum absolute atomic E-state index is 0.153. The van der Waals surface area contributed by atoms with Gasteiger partial charge in [-0.15, -0.1) is 0 Å². The van der Waals surface area contributed by atoms with Gasteiger partial charge in [-0.25, -0.2) is 14.8 Å². The third-order valence-electron chi connectivity index (χ3n) is 5.20. The number of nitrogens with one attached hydrogen (secondary N) is 2. The molecule has 158 valence electrons. The highest BCUT2D eigenvalue weighted by Gasteiger charge is 2.19. The molecule has 0 aliphatic carbocycles. The van der Waals surface area contributed by atoms with Crippen molar-refractivity contribution in [2.24, 2.45) is 0 Å². The average Bonchev–Trinajstić information content (AvgIpc) is 3.46. The zero-order chi connectivity index (χ0) is 21.6. The molecule has 3 aromatic heterocycles. The number of carbonyl (C=O) groups is 1. The lowest BCUT2D eigenvalue weighted by atomic mass is 10.1. The minimum Gasteiger partial charge on any atom is -0.439 e. The molecule has 0 fully saturated rings. The average molecular weight is 417 g/mol. The first-order chi connectivity index (χ1) is 14.9. The lowest BCUT2D eigenvalue weighted by Gasteiger charge is -2.18. The molecular formula is C22H23N7O2. The molecule has 1 aliphatic rings. The van der Waals surface area contributed by atoms with Crippen molar-refractivity contribution in [2.45, 2.75) is 39.4 Å². The summed E-state index contributed by atoms with van der Waals surface area (Å²) in [6.45, 7) is 7.57. The molecule has 5 rings (SSSR count). The predicted octanol–water partition coefficient (Wildman–Crippen LogP) is 3.86. The van der Waals surface area contributed by atoms with E-state index in [1.807, 2.05) is 35.1 Å². The molecule has 9 nitrogen and oxygen atoms in total. The summed E-state index contributed by atoms with van der Waals surface area (Å²) >= 11 is 0. The third-order valence-corrected chi connectivity index (χ3v) is 5.20. The topological polar surface area (TPSA) is 98.9 Å². The van der Waals surface area contributed by atoms with Gasteiger partial charge in [-0.05, 0) is 45.0 Å². The fraction of sp³-hybridized carbons (Fsp3) is 0.273. The Bertz CT molecular complexity index is 1280. The summed E-state index contributed by atoms with van der Waals surface area (Å²) in [7, 11) is 0. The molecule has 0 saturated heterocycles. The molecular weight excluding hydrogens is 394 g/mol. The normalized spacial score (nSPS) is 13.4. The first-order valence-corrected chi connectivity index (χ1v) is 10.1. The maximum atomic E-state index is 12.8. The Labute approximate surface area is 179 Å². The van der Waals surface area contributed by atoms with Crippen LogP contribution in [0.15, 0.2) is 49.1 Å². The van der Waals surface area contributed by atoms with Gasteiger partial charge in [0, 0.05) is 36.9 Å². The van der Waals surface area contributed by atoms with Gasteiger partial charge in [-0.3, -0.25) is 14.6 Å². The van der Waals surface area contributed by atoms with E-state index in [-0.39, 0.29) is 11.6 Å². The number of rotatable bonds is 3. The molecule has 4 heterocycles. The second kappa shape index (κ2) is 7.21. The van der Waals surface area contributed by atoms with Crippen LogP contribution in [0, 0.1) is 0 Å². The van der Waals surface area contributed by atoms with Crippen molar-refractivity contribution in [3.63, 3.8) is 0 Å². The second-order valence-corrected chi connectivity index (χ2v) is 8.46. The van der Waals surface area contributed by atoms with Gasteiger partial charge in [-0.1, -0.05) is 0 Å². The van der Waals surface area contributed by atoms with E-state index in [1.165, 1.54) is 6.33 Å². The van der Waals surface area contributed by atoms with Crippen LogP contribution in [0.1, 0.15) is 32.0 Å². The molecule has 0 spiro atoms. The first kappa shape index (κ1) is 19.3. The number of amides is 1. The molecule has 0 bridgehead atoms. The van der Waals surface area contributed by atoms with E-state index in [0.29, 0.717) is 24.0 Å². The molecule has 31 heavy (non-hydrogen) atoms. The van der Waals surface area contributed by atoms with Gasteiger partial charge in [0.1, 0.15) is 12.1 Å². The Kier molecular flexibility index (Phi) is 4.48. The lowest BCUT2D eigenvalue weighted by molar-refractivity contribution is 0.254. The van der Waals surface area contributed by atoms with Gasteiger partial charge in [0.05, 0.1) is 22.3 Å². The Morgan fingerprint density at radius 3 is 2.81 bits per heavy atom. The van der Waals surface area contributed by atoms with E-state index in [4.69, 9.17) is 4.74 Å². The number of nitrogens with zero attached hydrogens (tertiary/aromatic N) is 5. The standard InChI is InChI=1S/C22H23N7O2/c1-22(2,3)29-9-7-19(27-29)26-21(30)28-8-6-14-10-15(4-5-18(14)28)31-20-16-11-23-12-17(16)24-13-25-20/h4-10,13,23H,11-12H2,1-3H3,(H,26,27,30). The number of benzene rings is 1. The molecule has 0 unspecified atom stereocenters. The molecule has 0 radical (unpaired) electrons. The van der Waals surface area contributed by atoms with Crippen LogP contribution >= 0.6 is 0 Å². The summed E-state index contributed by atoms with van der Waals surface area (Å²) < 4.78 is 9.39. The zero-order valence-corrected chi connectivity index (χ0v) is 17.6. The van der Waals surface area contributed by atoms with Crippen LogP contribution in [0.2, 0.25) is 0 Å². The van der Waals surface area contributed by atoms with Gasteiger partial charge in [-0.2, -0.15) is 5.10 Å². The van der Waals surface area contributed by atoms with Crippen LogP contribution < -0.4 is 15.4 Å². The van der Waals surface area contributed by atoms with Crippen molar-refractivity contribution in [3.8, 4) is 11.6 Å². The SMILES string of the molecule is CC(C)(C)n1ccc(NC(=O)n2ccc3cc(Oc4ncnc5c4CNC5)ccc32)n1. The summed E-state index contributed by atoms with van der Waals surface area (Å²) in [6, 6.07) is 8.97. The van der Waals surface area contributed by atoms with Gasteiger partial charge in [0.2, 0.25) is 5.88 Å². The molecule has 1 aromatic carbocycles. The number of aromatic nitrogens is 5. The quantitative estimate of drug-likeness (QED) is 0.525. The number of hydrogen-bond donors (Lipinski definition) is 2. The van der Waals surface area contributed by atoms with Crippen molar-refractivity contribution in [1.29, 1.82) is 0 Å². The number of carbonyl (C=O) groups excluding carboxylic acids is 1. The maximum absolute atomic E-state index is 12.8. The van der Waals surface area contributed by atoms with Crippen molar-refractivity contribution in [2.75, 3.05) is 5.32 Å². The fourth-order valence-electron chi connectivity index (χ4n) is 3.56. The van der Waals surface area contributed by atoms with Crippen LogP contribution in [0.5, 0.6) is 11.6 Å². The fourth-order valence-corrected chi connectivity index (χ4v) is 3.56. The van der Waals surface area contributed by atoms with Crippen molar-refractivity contribution < 1.29 is 9.53 Å². The van der Waals surface area contributed by atoms with Gasteiger partial charge < -0.3 is 10.1 Å². The highest BCUT2D eigenvalue weighted by molar-refractivity contribution is 5.98.